The Labute approximate surface area is 375 Å². The molecule has 1 amide bonds. The third-order valence-corrected chi connectivity index (χ3v) is 12.9. The topological polar surface area (TPSA) is 95.9 Å². The zero-order chi connectivity index (χ0) is 43.8. The Morgan fingerprint density at radius 3 is 1.02 bits per heavy atom. The Morgan fingerprint density at radius 1 is 0.417 bits per heavy atom. The fourth-order valence-corrected chi connectivity index (χ4v) is 8.79. The predicted octanol–water partition coefficient (Wildman–Crippen LogP) is 16.4. The van der Waals surface area contributed by atoms with Gasteiger partial charge in [0, 0.05) is 6.42 Å². The van der Waals surface area contributed by atoms with Gasteiger partial charge in [0.05, 0.1) is 25.2 Å². The summed E-state index contributed by atoms with van der Waals surface area (Å²) in [7, 11) is 0. The van der Waals surface area contributed by atoms with Crippen molar-refractivity contribution in [2.24, 2.45) is 0 Å². The van der Waals surface area contributed by atoms with E-state index in [2.05, 4.69) is 26.1 Å². The van der Waals surface area contributed by atoms with Crippen LogP contribution in [-0.4, -0.2) is 46.9 Å². The highest BCUT2D eigenvalue weighted by molar-refractivity contribution is 5.77. The van der Waals surface area contributed by atoms with Crippen molar-refractivity contribution in [2.45, 2.75) is 328 Å². The van der Waals surface area contributed by atoms with Gasteiger partial charge in [0.15, 0.2) is 0 Å². The van der Waals surface area contributed by atoms with Crippen LogP contribution in [0.15, 0.2) is 0 Å². The van der Waals surface area contributed by atoms with Crippen LogP contribution in [0.25, 0.3) is 0 Å². The molecule has 3 unspecified atom stereocenters. The average Bonchev–Trinajstić information content (AvgIpc) is 3.24. The third kappa shape index (κ3) is 43.5. The number of aliphatic hydroxyl groups excluding tert-OH is 2. The van der Waals surface area contributed by atoms with E-state index in [1.807, 2.05) is 0 Å². The molecule has 0 aromatic heterocycles. The second-order valence-corrected chi connectivity index (χ2v) is 19.0. The summed E-state index contributed by atoms with van der Waals surface area (Å²) in [6.07, 6.45) is 53.0. The van der Waals surface area contributed by atoms with Crippen molar-refractivity contribution < 1.29 is 24.5 Å². The third-order valence-electron chi connectivity index (χ3n) is 12.9. The molecule has 0 aromatic rings. The van der Waals surface area contributed by atoms with Gasteiger partial charge in [-0.25, -0.2) is 0 Å². The number of esters is 1. The van der Waals surface area contributed by atoms with E-state index < -0.39 is 18.2 Å². The lowest BCUT2D eigenvalue weighted by molar-refractivity contribution is -0.151. The van der Waals surface area contributed by atoms with E-state index in [4.69, 9.17) is 4.74 Å². The van der Waals surface area contributed by atoms with Gasteiger partial charge in [0.1, 0.15) is 6.10 Å². The van der Waals surface area contributed by atoms with E-state index >= 15 is 0 Å². The molecule has 0 rings (SSSR count). The van der Waals surface area contributed by atoms with Gasteiger partial charge < -0.3 is 20.3 Å². The zero-order valence-corrected chi connectivity index (χ0v) is 40.9. The number of nitrogens with one attached hydrogen (secondary N) is 1. The van der Waals surface area contributed by atoms with Crippen LogP contribution in [0.4, 0.5) is 0 Å². The summed E-state index contributed by atoms with van der Waals surface area (Å²) in [5.74, 6) is -0.450. The minimum atomic E-state index is -0.779. The molecule has 3 N–H and O–H groups in total. The quantitative estimate of drug-likeness (QED) is 0.0419. The largest absolute Gasteiger partial charge is 0.462 e. The molecule has 6 heteroatoms. The Bertz CT molecular complexity index is 867. The van der Waals surface area contributed by atoms with E-state index in [-0.39, 0.29) is 24.9 Å². The van der Waals surface area contributed by atoms with Crippen molar-refractivity contribution in [3.05, 3.63) is 0 Å². The van der Waals surface area contributed by atoms with Crippen LogP contribution < -0.4 is 5.32 Å². The number of hydrogen-bond acceptors (Lipinski definition) is 5. The minimum absolute atomic E-state index is 0.0880. The molecule has 0 saturated carbocycles. The molecule has 0 fully saturated rings. The van der Waals surface area contributed by atoms with Crippen LogP contribution in [0.2, 0.25) is 0 Å². The summed E-state index contributed by atoms with van der Waals surface area (Å²) in [6, 6.07) is -0.692. The number of rotatable bonds is 50. The second kappa shape index (κ2) is 48.9. The molecule has 3 atom stereocenters. The number of carbonyl (C=O) groups is 2. The first-order chi connectivity index (χ1) is 29.5. The van der Waals surface area contributed by atoms with Crippen LogP contribution in [0.1, 0.15) is 310 Å². The number of amides is 1. The van der Waals surface area contributed by atoms with Crippen molar-refractivity contribution in [1.82, 2.24) is 5.32 Å². The van der Waals surface area contributed by atoms with Gasteiger partial charge in [-0.3, -0.25) is 9.59 Å². The molecular weight excluding hydrogens is 743 g/mol. The van der Waals surface area contributed by atoms with E-state index in [9.17, 15) is 19.8 Å². The number of aliphatic hydroxyl groups is 2. The van der Waals surface area contributed by atoms with Gasteiger partial charge in [-0.2, -0.15) is 0 Å². The average molecular weight is 850 g/mol. The lowest BCUT2D eigenvalue weighted by Crippen LogP contribution is -2.46. The Morgan fingerprint density at radius 2 is 0.700 bits per heavy atom. The molecule has 0 aliphatic carbocycles. The van der Waals surface area contributed by atoms with Gasteiger partial charge in [-0.15, -0.1) is 0 Å². The number of hydrogen-bond donors (Lipinski definition) is 3. The maximum Gasteiger partial charge on any atom is 0.306 e. The number of ether oxygens (including phenoxy) is 1. The van der Waals surface area contributed by atoms with Crippen LogP contribution in [-0.2, 0) is 14.3 Å². The fourth-order valence-electron chi connectivity index (χ4n) is 8.79. The van der Waals surface area contributed by atoms with Gasteiger partial charge in [0.2, 0.25) is 5.91 Å². The van der Waals surface area contributed by atoms with E-state index in [0.717, 1.165) is 44.9 Å². The van der Waals surface area contributed by atoms with Gasteiger partial charge in [-0.05, 0) is 25.7 Å². The summed E-state index contributed by atoms with van der Waals surface area (Å²) in [6.45, 7) is 6.52. The van der Waals surface area contributed by atoms with Crippen LogP contribution in [0.5, 0.6) is 0 Å². The first kappa shape index (κ1) is 58.9. The number of carbonyl (C=O) groups excluding carboxylic acids is 2. The van der Waals surface area contributed by atoms with Crippen molar-refractivity contribution in [3.8, 4) is 0 Å². The molecule has 6 nitrogen and oxygen atoms in total. The van der Waals surface area contributed by atoms with Crippen LogP contribution in [0.3, 0.4) is 0 Å². The Balaban J connectivity index is 4.46. The molecule has 0 saturated heterocycles. The second-order valence-electron chi connectivity index (χ2n) is 19.0. The van der Waals surface area contributed by atoms with Crippen LogP contribution >= 0.6 is 0 Å². The smallest absolute Gasteiger partial charge is 0.306 e. The Hall–Kier alpha value is -1.14. The summed E-state index contributed by atoms with van der Waals surface area (Å²) >= 11 is 0. The van der Waals surface area contributed by atoms with E-state index in [1.54, 1.807) is 0 Å². The fraction of sp³-hybridized carbons (Fsp3) is 0.963. The van der Waals surface area contributed by atoms with Crippen LogP contribution in [0, 0.1) is 0 Å². The summed E-state index contributed by atoms with van der Waals surface area (Å²) in [5.41, 5.74) is 0. The summed E-state index contributed by atoms with van der Waals surface area (Å²) in [4.78, 5) is 26.1. The normalized spacial score (nSPS) is 13.1. The predicted molar refractivity (Wildman–Crippen MR) is 260 cm³/mol. The molecular formula is C54H107NO5. The molecule has 0 aliphatic rings. The van der Waals surface area contributed by atoms with Crippen molar-refractivity contribution in [1.29, 1.82) is 0 Å². The molecule has 358 valence electrons. The monoisotopic (exact) mass is 850 g/mol. The first-order valence-corrected chi connectivity index (χ1v) is 27.3. The molecule has 60 heavy (non-hydrogen) atoms. The highest BCUT2D eigenvalue weighted by atomic mass is 16.5. The maximum absolute atomic E-state index is 13.2. The van der Waals surface area contributed by atoms with Gasteiger partial charge in [0.25, 0.3) is 0 Å². The Kier molecular flexibility index (Phi) is 48.0. The van der Waals surface area contributed by atoms with Crippen molar-refractivity contribution in [3.63, 3.8) is 0 Å². The minimum Gasteiger partial charge on any atom is -0.462 e. The molecule has 0 bridgehead atoms. The van der Waals surface area contributed by atoms with Crippen molar-refractivity contribution >= 4 is 11.9 Å². The summed E-state index contributed by atoms with van der Waals surface area (Å²) < 4.78 is 5.94. The summed E-state index contributed by atoms with van der Waals surface area (Å²) in [5, 5.41) is 23.8. The van der Waals surface area contributed by atoms with Gasteiger partial charge in [-0.1, -0.05) is 271 Å². The highest BCUT2D eigenvalue weighted by Crippen LogP contribution is 2.19. The molecule has 0 aliphatic heterocycles. The van der Waals surface area contributed by atoms with Gasteiger partial charge >= 0.3 is 5.97 Å². The molecule has 0 spiro atoms. The van der Waals surface area contributed by atoms with E-state index in [1.165, 1.54) is 218 Å². The SMILES string of the molecule is CCCCCCCCCCCCCCCCCCC(O)C(CO)NC(=O)CC(CCCCCCCCCCCCCCCC)OC(=O)CCCCCCCCCCCCC. The molecule has 0 heterocycles. The zero-order valence-electron chi connectivity index (χ0n) is 40.9. The molecule has 0 aromatic carbocycles. The maximum atomic E-state index is 13.2. The van der Waals surface area contributed by atoms with E-state index in [0.29, 0.717) is 19.3 Å². The number of unbranched alkanes of at least 4 members (excludes halogenated alkanes) is 38. The lowest BCUT2D eigenvalue weighted by atomic mass is 10.0. The highest BCUT2D eigenvalue weighted by Gasteiger charge is 2.24. The lowest BCUT2D eigenvalue weighted by Gasteiger charge is -2.24. The van der Waals surface area contributed by atoms with Crippen molar-refractivity contribution in [2.75, 3.05) is 6.61 Å². The first-order valence-electron chi connectivity index (χ1n) is 27.3. The standard InChI is InChI=1S/C54H107NO5/c1-4-7-10-13-16-19-22-24-26-27-29-32-34-37-40-43-46-52(57)51(49-56)55-53(58)48-50(45-42-39-36-33-31-28-25-23-20-17-14-11-8-5-2)60-54(59)47-44-41-38-35-30-21-18-15-12-9-6-3/h50-52,56-57H,4-49H2,1-3H3,(H,55,58). The molecule has 0 radical (unpaired) electrons.